The molecule has 1 aromatic rings. The maximum atomic E-state index is 12.7. The monoisotopic (exact) mass is 225 g/mol. The van der Waals surface area contributed by atoms with Gasteiger partial charge in [-0.25, -0.2) is 4.39 Å². The van der Waals surface area contributed by atoms with Gasteiger partial charge in [0.25, 0.3) is 0 Å². The van der Waals surface area contributed by atoms with Gasteiger partial charge in [0, 0.05) is 13.1 Å². The molecule has 0 spiro atoms. The van der Waals surface area contributed by atoms with Gasteiger partial charge in [-0.2, -0.15) is 0 Å². The number of hydrogen-bond acceptors (Lipinski definition) is 3. The molecule has 1 heterocycles. The van der Waals surface area contributed by atoms with Crippen LogP contribution in [0.4, 0.5) is 4.39 Å². The fourth-order valence-electron chi connectivity index (χ4n) is 1.67. The minimum Gasteiger partial charge on any atom is -0.484 e. The normalized spacial score (nSPS) is 17.6. The van der Waals surface area contributed by atoms with E-state index in [2.05, 4.69) is 5.32 Å². The summed E-state index contributed by atoms with van der Waals surface area (Å²) in [5.74, 6) is -0.751. The molecule has 86 valence electrons. The molecule has 1 aromatic carbocycles. The van der Waals surface area contributed by atoms with Crippen molar-refractivity contribution in [3.05, 3.63) is 30.1 Å². The van der Waals surface area contributed by atoms with Crippen molar-refractivity contribution in [1.82, 2.24) is 5.32 Å². The van der Waals surface area contributed by atoms with Crippen molar-refractivity contribution in [2.24, 2.45) is 0 Å². The van der Waals surface area contributed by atoms with Crippen LogP contribution in [0.5, 0.6) is 5.75 Å². The molecular formula is C11H12FNO3. The number of ether oxygens (including phenoxy) is 1. The van der Waals surface area contributed by atoms with Gasteiger partial charge in [-0.1, -0.05) is 0 Å². The van der Waals surface area contributed by atoms with E-state index in [0.29, 0.717) is 18.8 Å². The molecule has 0 unspecified atom stereocenters. The summed E-state index contributed by atoms with van der Waals surface area (Å²) in [5.41, 5.74) is -0.691. The molecule has 1 aliphatic heterocycles. The number of halogens is 1. The summed E-state index contributed by atoms with van der Waals surface area (Å²) in [6, 6.07) is 5.57. The van der Waals surface area contributed by atoms with Crippen LogP contribution in [0.1, 0.15) is 6.42 Å². The molecule has 0 bridgehead atoms. The van der Waals surface area contributed by atoms with Crippen LogP contribution in [-0.2, 0) is 4.79 Å². The minimum absolute atomic E-state index is 0.0582. The Labute approximate surface area is 92.0 Å². The standard InChI is InChI=1S/C11H12FNO3/c12-8-1-3-9(4-2-8)16-11(5-10(14)15)6-13-7-11/h1-4,13H,5-7H2,(H,14,15). The SMILES string of the molecule is O=C(O)CC1(Oc2ccc(F)cc2)CNC1. The first-order chi connectivity index (χ1) is 7.60. The van der Waals surface area contributed by atoms with E-state index in [1.165, 1.54) is 24.3 Å². The largest absolute Gasteiger partial charge is 0.484 e. The van der Waals surface area contributed by atoms with Crippen molar-refractivity contribution in [3.63, 3.8) is 0 Å². The Kier molecular flexibility index (Phi) is 2.78. The Morgan fingerprint density at radius 2 is 2.06 bits per heavy atom. The van der Waals surface area contributed by atoms with Crippen LogP contribution >= 0.6 is 0 Å². The predicted molar refractivity (Wildman–Crippen MR) is 54.9 cm³/mol. The fourth-order valence-corrected chi connectivity index (χ4v) is 1.67. The van der Waals surface area contributed by atoms with Gasteiger partial charge >= 0.3 is 5.97 Å². The molecule has 0 saturated carbocycles. The number of carboxylic acids is 1. The zero-order valence-electron chi connectivity index (χ0n) is 8.57. The second-order valence-electron chi connectivity index (χ2n) is 3.91. The number of hydrogen-bond donors (Lipinski definition) is 2. The second-order valence-corrected chi connectivity index (χ2v) is 3.91. The summed E-state index contributed by atoms with van der Waals surface area (Å²) in [5, 5.41) is 11.7. The van der Waals surface area contributed by atoms with E-state index in [0.717, 1.165) is 0 Å². The van der Waals surface area contributed by atoms with Crippen molar-refractivity contribution in [2.45, 2.75) is 12.0 Å². The Hall–Kier alpha value is -1.62. The summed E-state index contributed by atoms with van der Waals surface area (Å²) >= 11 is 0. The van der Waals surface area contributed by atoms with E-state index in [1.54, 1.807) is 0 Å². The lowest BCUT2D eigenvalue weighted by atomic mass is 9.92. The van der Waals surface area contributed by atoms with Gasteiger partial charge in [0.1, 0.15) is 17.2 Å². The summed E-state index contributed by atoms with van der Waals surface area (Å²) in [6.07, 6.45) is -0.0582. The van der Waals surface area contributed by atoms with E-state index in [4.69, 9.17) is 9.84 Å². The Morgan fingerprint density at radius 3 is 2.50 bits per heavy atom. The third kappa shape index (κ3) is 2.30. The molecule has 4 nitrogen and oxygen atoms in total. The van der Waals surface area contributed by atoms with Crippen molar-refractivity contribution in [3.8, 4) is 5.75 Å². The maximum Gasteiger partial charge on any atom is 0.307 e. The van der Waals surface area contributed by atoms with E-state index < -0.39 is 11.6 Å². The molecule has 0 atom stereocenters. The number of carbonyl (C=O) groups is 1. The van der Waals surface area contributed by atoms with Gasteiger partial charge in [0.2, 0.25) is 0 Å². The first-order valence-electron chi connectivity index (χ1n) is 4.97. The Balaban J connectivity index is 2.06. The Morgan fingerprint density at radius 1 is 1.44 bits per heavy atom. The summed E-state index contributed by atoms with van der Waals surface area (Å²) in [4.78, 5) is 10.7. The molecule has 2 N–H and O–H groups in total. The molecule has 5 heteroatoms. The number of aliphatic carboxylic acids is 1. The van der Waals surface area contributed by atoms with Crippen LogP contribution in [-0.4, -0.2) is 29.8 Å². The molecule has 1 saturated heterocycles. The van der Waals surface area contributed by atoms with Crippen LogP contribution in [0.15, 0.2) is 24.3 Å². The Bertz CT molecular complexity index is 387. The van der Waals surface area contributed by atoms with Crippen LogP contribution < -0.4 is 10.1 Å². The molecule has 16 heavy (non-hydrogen) atoms. The van der Waals surface area contributed by atoms with Crippen molar-refractivity contribution in [1.29, 1.82) is 0 Å². The number of benzene rings is 1. The average molecular weight is 225 g/mol. The van der Waals surface area contributed by atoms with Crippen molar-refractivity contribution < 1.29 is 19.0 Å². The van der Waals surface area contributed by atoms with Gasteiger partial charge in [-0.05, 0) is 24.3 Å². The molecule has 0 aromatic heterocycles. The lowest BCUT2D eigenvalue weighted by Gasteiger charge is -2.41. The summed E-state index contributed by atoms with van der Waals surface area (Å²) in [7, 11) is 0. The van der Waals surface area contributed by atoms with Crippen LogP contribution in [0.25, 0.3) is 0 Å². The third-order valence-electron chi connectivity index (χ3n) is 2.52. The van der Waals surface area contributed by atoms with Crippen LogP contribution in [0.3, 0.4) is 0 Å². The molecule has 1 aliphatic rings. The number of nitrogens with one attached hydrogen (secondary N) is 1. The lowest BCUT2D eigenvalue weighted by molar-refractivity contribution is -0.143. The molecular weight excluding hydrogens is 213 g/mol. The summed E-state index contributed by atoms with van der Waals surface area (Å²) < 4.78 is 18.3. The van der Waals surface area contributed by atoms with E-state index in [-0.39, 0.29) is 12.2 Å². The maximum absolute atomic E-state index is 12.7. The van der Waals surface area contributed by atoms with Gasteiger partial charge in [-0.15, -0.1) is 0 Å². The molecule has 0 amide bonds. The quantitative estimate of drug-likeness (QED) is 0.803. The zero-order chi connectivity index (χ0) is 11.6. The van der Waals surface area contributed by atoms with Crippen molar-refractivity contribution >= 4 is 5.97 Å². The molecule has 2 rings (SSSR count). The number of rotatable bonds is 4. The smallest absolute Gasteiger partial charge is 0.307 e. The highest BCUT2D eigenvalue weighted by Crippen LogP contribution is 2.25. The summed E-state index contributed by atoms with van der Waals surface area (Å²) in [6.45, 7) is 0.993. The highest BCUT2D eigenvalue weighted by molar-refractivity contribution is 5.68. The lowest BCUT2D eigenvalue weighted by Crippen LogP contribution is -2.64. The van der Waals surface area contributed by atoms with E-state index in [1.807, 2.05) is 0 Å². The van der Waals surface area contributed by atoms with Gasteiger partial charge in [-0.3, -0.25) is 4.79 Å². The molecule has 1 fully saturated rings. The van der Waals surface area contributed by atoms with Gasteiger partial charge in [0.05, 0.1) is 6.42 Å². The molecule has 0 aliphatic carbocycles. The highest BCUT2D eigenvalue weighted by atomic mass is 19.1. The first-order valence-corrected chi connectivity index (χ1v) is 4.97. The third-order valence-corrected chi connectivity index (χ3v) is 2.52. The van der Waals surface area contributed by atoms with E-state index in [9.17, 15) is 9.18 Å². The minimum atomic E-state index is -0.899. The van der Waals surface area contributed by atoms with E-state index >= 15 is 0 Å². The van der Waals surface area contributed by atoms with Crippen molar-refractivity contribution in [2.75, 3.05) is 13.1 Å². The fraction of sp³-hybridized carbons (Fsp3) is 0.364. The zero-order valence-corrected chi connectivity index (χ0v) is 8.57. The topological polar surface area (TPSA) is 58.6 Å². The first kappa shape index (κ1) is 10.9. The van der Waals surface area contributed by atoms with Crippen LogP contribution in [0, 0.1) is 5.82 Å². The second kappa shape index (κ2) is 4.09. The van der Waals surface area contributed by atoms with Gasteiger partial charge in [0.15, 0.2) is 0 Å². The predicted octanol–water partition coefficient (Wildman–Crippen LogP) is 1.02. The van der Waals surface area contributed by atoms with Crippen LogP contribution in [0.2, 0.25) is 0 Å². The molecule has 0 radical (unpaired) electrons. The number of carboxylic acid groups (broad SMARTS) is 1. The average Bonchev–Trinajstić information content (AvgIpc) is 2.17. The van der Waals surface area contributed by atoms with Gasteiger partial charge < -0.3 is 15.2 Å². The highest BCUT2D eigenvalue weighted by Gasteiger charge is 2.41.